The number of methoxy groups -OCH3 is 2. The molecule has 0 amide bonds. The van der Waals surface area contributed by atoms with Crippen molar-refractivity contribution in [3.8, 4) is 5.75 Å². The zero-order chi connectivity index (χ0) is 21.0. The van der Waals surface area contributed by atoms with Gasteiger partial charge in [-0.3, -0.25) is 0 Å². The van der Waals surface area contributed by atoms with E-state index in [1.165, 1.54) is 49.1 Å². The molecule has 1 aromatic carbocycles. The van der Waals surface area contributed by atoms with Crippen LogP contribution in [0.5, 0.6) is 5.75 Å². The van der Waals surface area contributed by atoms with Crippen LogP contribution in [0, 0.1) is 0 Å². The van der Waals surface area contributed by atoms with E-state index >= 15 is 0 Å². The van der Waals surface area contributed by atoms with Crippen molar-refractivity contribution in [3.63, 3.8) is 0 Å². The highest BCUT2D eigenvalue weighted by Crippen LogP contribution is 2.30. The predicted molar refractivity (Wildman–Crippen MR) is 100 cm³/mol. The van der Waals surface area contributed by atoms with Gasteiger partial charge in [0.05, 0.1) is 26.0 Å². The molecule has 0 bridgehead atoms. The zero-order valence-corrected chi connectivity index (χ0v) is 16.9. The van der Waals surface area contributed by atoms with Crippen molar-refractivity contribution in [3.05, 3.63) is 47.4 Å². The topological polar surface area (TPSA) is 112 Å². The fraction of sp³-hybridized carbons (Fsp3) is 0.368. The third kappa shape index (κ3) is 4.28. The predicted octanol–water partition coefficient (Wildman–Crippen LogP) is 2.22. The maximum Gasteiger partial charge on any atom is 0.341 e. The number of hydrogen-bond donors (Lipinski definition) is 0. The smallest absolute Gasteiger partial charge is 0.341 e. The Morgan fingerprint density at radius 1 is 1.10 bits per heavy atom. The molecule has 0 N–H and O–H groups in total. The monoisotopic (exact) mass is 423 g/mol. The minimum Gasteiger partial charge on any atom is -0.495 e. The average molecular weight is 423 g/mol. The molecule has 3 rings (SSSR count). The standard InChI is InChI=1S/C19H21NO8S/c1-25-15-6-5-13(11-17(15)29(23,24)20-8-3-4-9-20)18(21)28-12-16-14(7-10-27-16)19(22)26-2/h5-7,10-11H,3-4,8-9,12H2,1-2H3. The minimum absolute atomic E-state index is 0.0368. The second kappa shape index (κ2) is 8.66. The van der Waals surface area contributed by atoms with Crippen molar-refractivity contribution in [2.24, 2.45) is 0 Å². The van der Waals surface area contributed by atoms with E-state index < -0.39 is 22.0 Å². The van der Waals surface area contributed by atoms with Crippen molar-refractivity contribution in [2.45, 2.75) is 24.3 Å². The molecule has 1 aliphatic heterocycles. The van der Waals surface area contributed by atoms with Gasteiger partial charge in [0.15, 0.2) is 12.4 Å². The van der Waals surface area contributed by atoms with Crippen molar-refractivity contribution in [1.82, 2.24) is 4.31 Å². The fourth-order valence-corrected chi connectivity index (χ4v) is 4.73. The second-order valence-corrected chi connectivity index (χ2v) is 8.21. The van der Waals surface area contributed by atoms with Crippen molar-refractivity contribution < 1.29 is 36.6 Å². The Balaban J connectivity index is 1.81. The Morgan fingerprint density at radius 3 is 2.48 bits per heavy atom. The van der Waals surface area contributed by atoms with Gasteiger partial charge >= 0.3 is 11.9 Å². The maximum atomic E-state index is 12.9. The number of carbonyl (C=O) groups excluding carboxylic acids is 2. The van der Waals surface area contributed by atoms with Gasteiger partial charge in [-0.15, -0.1) is 0 Å². The lowest BCUT2D eigenvalue weighted by Gasteiger charge is -2.18. The van der Waals surface area contributed by atoms with E-state index in [1.807, 2.05) is 0 Å². The van der Waals surface area contributed by atoms with Gasteiger partial charge in [0.25, 0.3) is 0 Å². The molecule has 0 atom stereocenters. The Labute approximate surface area is 168 Å². The zero-order valence-electron chi connectivity index (χ0n) is 16.0. The highest BCUT2D eigenvalue weighted by atomic mass is 32.2. The van der Waals surface area contributed by atoms with E-state index in [2.05, 4.69) is 4.74 Å². The molecule has 29 heavy (non-hydrogen) atoms. The molecule has 0 aliphatic carbocycles. The van der Waals surface area contributed by atoms with E-state index in [-0.39, 0.29) is 34.1 Å². The normalized spacial score (nSPS) is 14.6. The van der Waals surface area contributed by atoms with Crippen LogP contribution in [0.3, 0.4) is 0 Å². The Bertz CT molecular complexity index is 1000. The molecule has 1 saturated heterocycles. The first-order valence-electron chi connectivity index (χ1n) is 8.88. The molecule has 1 aromatic heterocycles. The van der Waals surface area contributed by atoms with Crippen LogP contribution in [0.4, 0.5) is 0 Å². The number of sulfonamides is 1. The van der Waals surface area contributed by atoms with Crippen LogP contribution in [0.2, 0.25) is 0 Å². The summed E-state index contributed by atoms with van der Waals surface area (Å²) in [5.41, 5.74) is 0.182. The highest BCUT2D eigenvalue weighted by molar-refractivity contribution is 7.89. The quantitative estimate of drug-likeness (QED) is 0.623. The van der Waals surface area contributed by atoms with Gasteiger partial charge in [-0.25, -0.2) is 18.0 Å². The van der Waals surface area contributed by atoms with Gasteiger partial charge in [-0.05, 0) is 37.1 Å². The summed E-state index contributed by atoms with van der Waals surface area (Å²) >= 11 is 0. The Kier molecular flexibility index (Phi) is 6.23. The molecule has 1 fully saturated rings. The molecule has 10 heteroatoms. The SMILES string of the molecule is COC(=O)c1ccoc1COC(=O)c1ccc(OC)c(S(=O)(=O)N2CCCC2)c1. The maximum absolute atomic E-state index is 12.9. The number of benzene rings is 1. The van der Waals surface area contributed by atoms with Gasteiger partial charge in [-0.2, -0.15) is 4.31 Å². The first-order valence-corrected chi connectivity index (χ1v) is 10.3. The largest absolute Gasteiger partial charge is 0.495 e. The molecule has 0 unspecified atom stereocenters. The number of rotatable bonds is 7. The number of carbonyl (C=O) groups is 2. The third-order valence-corrected chi connectivity index (χ3v) is 6.49. The van der Waals surface area contributed by atoms with Crippen LogP contribution in [0.1, 0.15) is 39.3 Å². The average Bonchev–Trinajstić information content (AvgIpc) is 3.43. The number of nitrogens with zero attached hydrogens (tertiary/aromatic N) is 1. The summed E-state index contributed by atoms with van der Waals surface area (Å²) in [6.45, 7) is 0.542. The summed E-state index contributed by atoms with van der Waals surface area (Å²) in [7, 11) is -1.21. The highest BCUT2D eigenvalue weighted by Gasteiger charge is 2.31. The van der Waals surface area contributed by atoms with Crippen LogP contribution >= 0.6 is 0 Å². The minimum atomic E-state index is -3.80. The second-order valence-electron chi connectivity index (χ2n) is 6.30. The number of esters is 2. The van der Waals surface area contributed by atoms with Crippen LogP contribution in [-0.4, -0.2) is 52.0 Å². The molecule has 156 valence electrons. The lowest BCUT2D eigenvalue weighted by molar-refractivity contribution is 0.0432. The van der Waals surface area contributed by atoms with Gasteiger partial charge in [0, 0.05) is 13.1 Å². The van der Waals surface area contributed by atoms with E-state index in [0.717, 1.165) is 12.8 Å². The molecular formula is C19H21NO8S. The third-order valence-electron chi connectivity index (χ3n) is 4.57. The number of hydrogen-bond acceptors (Lipinski definition) is 8. The molecule has 9 nitrogen and oxygen atoms in total. The summed E-state index contributed by atoms with van der Waals surface area (Å²) in [5, 5.41) is 0. The molecule has 0 spiro atoms. The molecule has 0 radical (unpaired) electrons. The van der Waals surface area contributed by atoms with Crippen molar-refractivity contribution in [2.75, 3.05) is 27.3 Å². The summed E-state index contributed by atoms with van der Waals surface area (Å²) < 4.78 is 47.3. The van der Waals surface area contributed by atoms with E-state index in [4.69, 9.17) is 13.9 Å². The summed E-state index contributed by atoms with van der Waals surface area (Å²) in [4.78, 5) is 24.0. The van der Waals surface area contributed by atoms with Crippen LogP contribution in [0.25, 0.3) is 0 Å². The van der Waals surface area contributed by atoms with Crippen LogP contribution in [-0.2, 0) is 26.1 Å². The van der Waals surface area contributed by atoms with E-state index in [9.17, 15) is 18.0 Å². The van der Waals surface area contributed by atoms with Crippen molar-refractivity contribution >= 4 is 22.0 Å². The van der Waals surface area contributed by atoms with Crippen LogP contribution < -0.4 is 4.74 Å². The van der Waals surface area contributed by atoms with Gasteiger partial charge in [0.2, 0.25) is 10.0 Å². The lowest BCUT2D eigenvalue weighted by Crippen LogP contribution is -2.28. The summed E-state index contributed by atoms with van der Waals surface area (Å²) in [6, 6.07) is 5.46. The summed E-state index contributed by atoms with van der Waals surface area (Å²) in [6.07, 6.45) is 2.85. The fourth-order valence-electron chi connectivity index (χ4n) is 3.03. The molecule has 2 aromatic rings. The molecule has 1 aliphatic rings. The number of ether oxygens (including phenoxy) is 3. The molecular weight excluding hydrogens is 402 g/mol. The van der Waals surface area contributed by atoms with Gasteiger partial charge in [0.1, 0.15) is 16.2 Å². The van der Waals surface area contributed by atoms with Gasteiger partial charge in [-0.1, -0.05) is 0 Å². The van der Waals surface area contributed by atoms with E-state index in [0.29, 0.717) is 13.1 Å². The molecule has 0 saturated carbocycles. The first-order chi connectivity index (χ1) is 13.9. The lowest BCUT2D eigenvalue weighted by atomic mass is 10.2. The Hall–Kier alpha value is -2.85. The van der Waals surface area contributed by atoms with Crippen LogP contribution in [0.15, 0.2) is 39.8 Å². The van der Waals surface area contributed by atoms with Crippen molar-refractivity contribution in [1.29, 1.82) is 0 Å². The Morgan fingerprint density at radius 2 is 1.83 bits per heavy atom. The summed E-state index contributed by atoms with van der Waals surface area (Å²) in [5.74, 6) is -1.11. The number of furan rings is 1. The first kappa shape index (κ1) is 20.9. The van der Waals surface area contributed by atoms with E-state index in [1.54, 1.807) is 0 Å². The van der Waals surface area contributed by atoms with Gasteiger partial charge < -0.3 is 18.6 Å². The molecule has 2 heterocycles.